The number of nitrogens with one attached hydrogen (secondary N) is 1. The molecule has 0 aromatic carbocycles. The number of carbonyl (C=O) groups excluding carboxylic acids is 1. The molecule has 1 aliphatic rings. The Bertz CT molecular complexity index is 414. The van der Waals surface area contributed by atoms with Crippen LogP contribution in [-0.2, 0) is 4.79 Å². The minimum atomic E-state index is -0.542. The highest BCUT2D eigenvalue weighted by Crippen LogP contribution is 2.37. The molecule has 2 atom stereocenters. The number of amides is 1. The van der Waals surface area contributed by atoms with Gasteiger partial charge >= 0.3 is 0 Å². The van der Waals surface area contributed by atoms with Crippen molar-refractivity contribution in [2.75, 3.05) is 6.54 Å². The second-order valence-electron chi connectivity index (χ2n) is 4.87. The minimum absolute atomic E-state index is 0.245. The number of nitrogens with two attached hydrogens (primary N) is 1. The van der Waals surface area contributed by atoms with Crippen LogP contribution in [0.4, 0.5) is 0 Å². The molecule has 0 aliphatic heterocycles. The lowest BCUT2D eigenvalue weighted by molar-refractivity contribution is -0.124. The molecule has 1 aliphatic carbocycles. The SMILES string of the molecule is CCNC1(C(N)=O)CCC(n2cc(C)cn2)C1. The van der Waals surface area contributed by atoms with Crippen molar-refractivity contribution in [3.8, 4) is 0 Å². The highest BCUT2D eigenvalue weighted by Gasteiger charge is 2.44. The van der Waals surface area contributed by atoms with Crippen LogP contribution >= 0.6 is 0 Å². The van der Waals surface area contributed by atoms with Gasteiger partial charge < -0.3 is 11.1 Å². The molecule has 2 unspecified atom stereocenters. The van der Waals surface area contributed by atoms with E-state index in [9.17, 15) is 4.79 Å². The van der Waals surface area contributed by atoms with Crippen LogP contribution in [0, 0.1) is 6.92 Å². The number of hydrogen-bond donors (Lipinski definition) is 2. The summed E-state index contributed by atoms with van der Waals surface area (Å²) in [6.45, 7) is 4.77. The molecule has 0 saturated heterocycles. The summed E-state index contributed by atoms with van der Waals surface area (Å²) in [5, 5.41) is 7.57. The smallest absolute Gasteiger partial charge is 0.237 e. The summed E-state index contributed by atoms with van der Waals surface area (Å²) >= 11 is 0. The summed E-state index contributed by atoms with van der Waals surface area (Å²) in [6, 6.07) is 0.273. The number of carbonyl (C=O) groups is 1. The molecule has 1 fully saturated rings. The first-order valence-electron chi connectivity index (χ1n) is 6.13. The molecule has 2 rings (SSSR count). The predicted molar refractivity (Wildman–Crippen MR) is 65.5 cm³/mol. The molecular weight excluding hydrogens is 216 g/mol. The van der Waals surface area contributed by atoms with Crippen molar-refractivity contribution < 1.29 is 4.79 Å². The topological polar surface area (TPSA) is 72.9 Å². The third-order valence-electron chi connectivity index (χ3n) is 3.58. The van der Waals surface area contributed by atoms with E-state index in [1.807, 2.05) is 30.9 Å². The van der Waals surface area contributed by atoms with Gasteiger partial charge in [-0.25, -0.2) is 0 Å². The van der Waals surface area contributed by atoms with E-state index in [4.69, 9.17) is 5.73 Å². The Morgan fingerprint density at radius 1 is 1.76 bits per heavy atom. The van der Waals surface area contributed by atoms with Crippen LogP contribution in [-0.4, -0.2) is 27.8 Å². The molecule has 1 saturated carbocycles. The summed E-state index contributed by atoms with van der Waals surface area (Å²) in [4.78, 5) is 11.6. The first-order valence-corrected chi connectivity index (χ1v) is 6.13. The lowest BCUT2D eigenvalue weighted by Crippen LogP contribution is -2.53. The predicted octanol–water partition coefficient (Wildman–Crippen LogP) is 0.750. The molecule has 0 radical (unpaired) electrons. The molecule has 94 valence electrons. The number of hydrogen-bond acceptors (Lipinski definition) is 3. The maximum atomic E-state index is 11.6. The van der Waals surface area contributed by atoms with Crippen LogP contribution in [0.5, 0.6) is 0 Å². The van der Waals surface area contributed by atoms with E-state index in [0.717, 1.165) is 31.4 Å². The van der Waals surface area contributed by atoms with Gasteiger partial charge in [-0.2, -0.15) is 5.10 Å². The van der Waals surface area contributed by atoms with Crippen molar-refractivity contribution in [3.63, 3.8) is 0 Å². The largest absolute Gasteiger partial charge is 0.368 e. The summed E-state index contributed by atoms with van der Waals surface area (Å²) in [6.07, 6.45) is 6.33. The van der Waals surface area contributed by atoms with Crippen LogP contribution in [0.2, 0.25) is 0 Å². The van der Waals surface area contributed by atoms with Crippen LogP contribution < -0.4 is 11.1 Å². The average molecular weight is 236 g/mol. The van der Waals surface area contributed by atoms with Crippen LogP contribution in [0.15, 0.2) is 12.4 Å². The van der Waals surface area contributed by atoms with E-state index < -0.39 is 5.54 Å². The molecule has 3 N–H and O–H groups in total. The van der Waals surface area contributed by atoms with Gasteiger partial charge in [0.1, 0.15) is 0 Å². The molecule has 0 bridgehead atoms. The summed E-state index contributed by atoms with van der Waals surface area (Å²) in [7, 11) is 0. The monoisotopic (exact) mass is 236 g/mol. The van der Waals surface area contributed by atoms with E-state index in [-0.39, 0.29) is 11.9 Å². The van der Waals surface area contributed by atoms with Crippen LogP contribution in [0.1, 0.15) is 37.8 Å². The standard InChI is InChI=1S/C12H20N4O/c1-3-14-12(11(13)17)5-4-10(6-12)16-8-9(2)7-15-16/h7-8,10,14H,3-6H2,1-2H3,(H2,13,17). The van der Waals surface area contributed by atoms with Crippen LogP contribution in [0.3, 0.4) is 0 Å². The molecule has 17 heavy (non-hydrogen) atoms. The lowest BCUT2D eigenvalue weighted by atomic mass is 9.96. The van der Waals surface area contributed by atoms with E-state index in [0.29, 0.717) is 0 Å². The van der Waals surface area contributed by atoms with Crippen molar-refractivity contribution in [2.45, 2.75) is 44.7 Å². The van der Waals surface area contributed by atoms with Gasteiger partial charge in [0.15, 0.2) is 0 Å². The second-order valence-corrected chi connectivity index (χ2v) is 4.87. The van der Waals surface area contributed by atoms with Crippen molar-refractivity contribution in [2.24, 2.45) is 5.73 Å². The van der Waals surface area contributed by atoms with E-state index in [2.05, 4.69) is 10.4 Å². The van der Waals surface area contributed by atoms with E-state index in [1.54, 1.807) is 0 Å². The molecule has 1 heterocycles. The Hall–Kier alpha value is -1.36. The normalized spacial score (nSPS) is 28.5. The molecule has 1 aromatic heterocycles. The van der Waals surface area contributed by atoms with E-state index >= 15 is 0 Å². The summed E-state index contributed by atoms with van der Waals surface area (Å²) in [5.74, 6) is -0.245. The third kappa shape index (κ3) is 2.20. The van der Waals surface area contributed by atoms with Crippen molar-refractivity contribution in [1.29, 1.82) is 0 Å². The third-order valence-corrected chi connectivity index (χ3v) is 3.58. The summed E-state index contributed by atoms with van der Waals surface area (Å²) < 4.78 is 1.96. The molecule has 5 heteroatoms. The zero-order valence-corrected chi connectivity index (χ0v) is 10.4. The first-order chi connectivity index (χ1) is 8.07. The summed E-state index contributed by atoms with van der Waals surface area (Å²) in [5.41, 5.74) is 6.13. The fraction of sp³-hybridized carbons (Fsp3) is 0.667. The number of aromatic nitrogens is 2. The zero-order chi connectivity index (χ0) is 12.5. The highest BCUT2D eigenvalue weighted by molar-refractivity contribution is 5.85. The zero-order valence-electron chi connectivity index (χ0n) is 10.4. The van der Waals surface area contributed by atoms with Gasteiger partial charge in [-0.15, -0.1) is 0 Å². The van der Waals surface area contributed by atoms with Crippen LogP contribution in [0.25, 0.3) is 0 Å². The maximum absolute atomic E-state index is 11.6. The lowest BCUT2D eigenvalue weighted by Gasteiger charge is -2.26. The number of aryl methyl sites for hydroxylation is 1. The average Bonchev–Trinajstić information content (AvgIpc) is 2.86. The Balaban J connectivity index is 2.14. The molecule has 0 spiro atoms. The van der Waals surface area contributed by atoms with E-state index in [1.165, 1.54) is 0 Å². The molecule has 1 aromatic rings. The fourth-order valence-electron chi connectivity index (χ4n) is 2.69. The Morgan fingerprint density at radius 2 is 2.53 bits per heavy atom. The van der Waals surface area contributed by atoms with Crippen molar-refractivity contribution in [1.82, 2.24) is 15.1 Å². The highest BCUT2D eigenvalue weighted by atomic mass is 16.1. The molecule has 5 nitrogen and oxygen atoms in total. The van der Waals surface area contributed by atoms with Crippen molar-refractivity contribution >= 4 is 5.91 Å². The minimum Gasteiger partial charge on any atom is -0.368 e. The Labute approximate surface area is 101 Å². The number of nitrogens with zero attached hydrogens (tertiary/aromatic N) is 2. The van der Waals surface area contributed by atoms with Crippen molar-refractivity contribution in [3.05, 3.63) is 18.0 Å². The molecule has 1 amide bonds. The van der Waals surface area contributed by atoms with Gasteiger partial charge in [0.25, 0.3) is 0 Å². The quantitative estimate of drug-likeness (QED) is 0.810. The van der Waals surface area contributed by atoms with Gasteiger partial charge in [0.05, 0.1) is 17.8 Å². The number of likely N-dealkylation sites (N-methyl/N-ethyl adjacent to an activating group) is 1. The Kier molecular flexibility index (Phi) is 3.19. The second kappa shape index (κ2) is 4.49. The van der Waals surface area contributed by atoms with Gasteiger partial charge in [0, 0.05) is 6.20 Å². The van der Waals surface area contributed by atoms with Gasteiger partial charge in [-0.1, -0.05) is 6.92 Å². The maximum Gasteiger partial charge on any atom is 0.237 e. The molecular formula is C12H20N4O. The first kappa shape index (κ1) is 12.1. The number of rotatable bonds is 4. The number of primary amides is 1. The fourth-order valence-corrected chi connectivity index (χ4v) is 2.69. The Morgan fingerprint density at radius 3 is 3.06 bits per heavy atom. The van der Waals surface area contributed by atoms with Gasteiger partial charge in [-0.3, -0.25) is 9.48 Å². The van der Waals surface area contributed by atoms with Gasteiger partial charge in [0.2, 0.25) is 5.91 Å². The van der Waals surface area contributed by atoms with Gasteiger partial charge in [-0.05, 0) is 38.3 Å².